The molecule has 4 aromatic rings. The van der Waals surface area contributed by atoms with E-state index in [-0.39, 0.29) is 5.91 Å². The Kier molecular flexibility index (Phi) is 3.86. The molecule has 2 aromatic heterocycles. The van der Waals surface area contributed by atoms with Crippen molar-refractivity contribution < 1.29 is 4.79 Å². The molecule has 0 atom stereocenters. The lowest BCUT2D eigenvalue weighted by molar-refractivity contribution is 0.102. The van der Waals surface area contributed by atoms with Crippen molar-refractivity contribution in [2.24, 2.45) is 0 Å². The highest BCUT2D eigenvalue weighted by molar-refractivity contribution is 7.13. The van der Waals surface area contributed by atoms with Gasteiger partial charge in [0.15, 0.2) is 0 Å². The summed E-state index contributed by atoms with van der Waals surface area (Å²) in [7, 11) is 0. The minimum absolute atomic E-state index is 0.188. The van der Waals surface area contributed by atoms with E-state index in [1.807, 2.05) is 50.2 Å². The van der Waals surface area contributed by atoms with Crippen LogP contribution in [0.1, 0.15) is 21.6 Å². The molecule has 2 N–H and O–H groups in total. The molecule has 5 heteroatoms. The molecule has 0 radical (unpaired) electrons. The van der Waals surface area contributed by atoms with Crippen LogP contribution in [-0.2, 0) is 0 Å². The molecule has 0 aliphatic heterocycles. The summed E-state index contributed by atoms with van der Waals surface area (Å²) in [6.07, 6.45) is 0. The van der Waals surface area contributed by atoms with Crippen molar-refractivity contribution in [3.05, 3.63) is 70.7 Å². The number of H-pyrrole nitrogens is 1. The molecule has 2 aromatic carbocycles. The number of hydrogen-bond acceptors (Lipinski definition) is 3. The second kappa shape index (κ2) is 6.18. The SMILES string of the molecule is Cc1ccc(C)c(NC(=O)c2csc(-c3cc4ccccc4[nH]3)n2)c1. The molecule has 4 rings (SSSR count). The van der Waals surface area contributed by atoms with Gasteiger partial charge in [-0.2, -0.15) is 0 Å². The van der Waals surface area contributed by atoms with Crippen LogP contribution in [0.2, 0.25) is 0 Å². The highest BCUT2D eigenvalue weighted by atomic mass is 32.1. The van der Waals surface area contributed by atoms with Gasteiger partial charge in [0.25, 0.3) is 5.91 Å². The average molecular weight is 347 g/mol. The van der Waals surface area contributed by atoms with Gasteiger partial charge in [0.05, 0.1) is 5.69 Å². The van der Waals surface area contributed by atoms with E-state index in [9.17, 15) is 4.79 Å². The number of aromatic amines is 1. The van der Waals surface area contributed by atoms with E-state index < -0.39 is 0 Å². The molecule has 0 fully saturated rings. The average Bonchev–Trinajstić information content (AvgIpc) is 3.24. The number of nitrogens with one attached hydrogen (secondary N) is 2. The summed E-state index contributed by atoms with van der Waals surface area (Å²) >= 11 is 1.46. The van der Waals surface area contributed by atoms with Crippen LogP contribution in [0.4, 0.5) is 5.69 Å². The third-order valence-corrected chi connectivity index (χ3v) is 5.01. The van der Waals surface area contributed by atoms with Gasteiger partial charge >= 0.3 is 0 Å². The van der Waals surface area contributed by atoms with Crippen LogP contribution in [0.25, 0.3) is 21.6 Å². The van der Waals surface area contributed by atoms with Crippen LogP contribution < -0.4 is 5.32 Å². The van der Waals surface area contributed by atoms with E-state index in [1.54, 1.807) is 5.38 Å². The second-order valence-electron chi connectivity index (χ2n) is 6.08. The monoisotopic (exact) mass is 347 g/mol. The van der Waals surface area contributed by atoms with E-state index >= 15 is 0 Å². The highest BCUT2D eigenvalue weighted by Crippen LogP contribution is 2.27. The number of carbonyl (C=O) groups excluding carboxylic acids is 1. The van der Waals surface area contributed by atoms with Crippen molar-refractivity contribution in [2.45, 2.75) is 13.8 Å². The molecule has 0 saturated carbocycles. The number of hydrogen-bond donors (Lipinski definition) is 2. The first-order valence-corrected chi connectivity index (χ1v) is 8.90. The second-order valence-corrected chi connectivity index (χ2v) is 6.94. The van der Waals surface area contributed by atoms with Gasteiger partial charge in [-0.1, -0.05) is 30.3 Å². The lowest BCUT2D eigenvalue weighted by Gasteiger charge is -2.07. The van der Waals surface area contributed by atoms with Gasteiger partial charge in [-0.05, 0) is 43.2 Å². The van der Waals surface area contributed by atoms with Crippen molar-refractivity contribution in [2.75, 3.05) is 5.32 Å². The molecule has 0 unspecified atom stereocenters. The van der Waals surface area contributed by atoms with Crippen LogP contribution in [-0.4, -0.2) is 15.9 Å². The van der Waals surface area contributed by atoms with Crippen molar-refractivity contribution >= 4 is 33.8 Å². The Hall–Kier alpha value is -2.92. The van der Waals surface area contributed by atoms with Gasteiger partial charge in [-0.25, -0.2) is 4.98 Å². The van der Waals surface area contributed by atoms with Crippen molar-refractivity contribution in [1.29, 1.82) is 0 Å². The third kappa shape index (κ3) is 3.06. The lowest BCUT2D eigenvalue weighted by atomic mass is 10.1. The number of benzene rings is 2. The Labute approximate surface area is 149 Å². The van der Waals surface area contributed by atoms with Gasteiger partial charge < -0.3 is 10.3 Å². The van der Waals surface area contributed by atoms with Gasteiger partial charge in [0.1, 0.15) is 10.7 Å². The smallest absolute Gasteiger partial charge is 0.275 e. The predicted octanol–water partition coefficient (Wildman–Crippen LogP) is 5.16. The fraction of sp³-hybridized carbons (Fsp3) is 0.100. The summed E-state index contributed by atoms with van der Waals surface area (Å²) in [6, 6.07) is 16.1. The van der Waals surface area contributed by atoms with Gasteiger partial charge in [0.2, 0.25) is 0 Å². The van der Waals surface area contributed by atoms with Gasteiger partial charge in [-0.3, -0.25) is 4.79 Å². The Morgan fingerprint density at radius 2 is 1.96 bits per heavy atom. The van der Waals surface area contributed by atoms with Crippen LogP contribution in [0.5, 0.6) is 0 Å². The molecule has 1 amide bonds. The summed E-state index contributed by atoms with van der Waals surface area (Å²) in [5.41, 5.74) is 5.39. The number of anilines is 1. The number of aryl methyl sites for hydroxylation is 2. The molecule has 25 heavy (non-hydrogen) atoms. The summed E-state index contributed by atoms with van der Waals surface area (Å²) in [6.45, 7) is 3.98. The maximum atomic E-state index is 12.5. The Morgan fingerprint density at radius 3 is 2.80 bits per heavy atom. The fourth-order valence-corrected chi connectivity index (χ4v) is 3.52. The largest absolute Gasteiger partial charge is 0.353 e. The standard InChI is InChI=1S/C20H17N3OS/c1-12-7-8-13(2)16(9-12)22-19(24)18-11-25-20(23-18)17-10-14-5-3-4-6-15(14)21-17/h3-11,21H,1-2H3,(H,22,24). The van der Waals surface area contributed by atoms with Gasteiger partial charge in [-0.15, -0.1) is 11.3 Å². The fourth-order valence-electron chi connectivity index (χ4n) is 2.75. The normalized spacial score (nSPS) is 11.0. The summed E-state index contributed by atoms with van der Waals surface area (Å²) < 4.78 is 0. The molecule has 0 saturated heterocycles. The maximum absolute atomic E-state index is 12.5. The first-order valence-electron chi connectivity index (χ1n) is 8.02. The Balaban J connectivity index is 1.60. The first kappa shape index (κ1) is 15.6. The molecule has 0 aliphatic rings. The van der Waals surface area contributed by atoms with Crippen molar-refractivity contribution in [1.82, 2.24) is 9.97 Å². The number of thiazole rings is 1. The number of para-hydroxylation sites is 1. The Bertz CT molecular complexity index is 1040. The van der Waals surface area contributed by atoms with Crippen molar-refractivity contribution in [3.8, 4) is 10.7 Å². The van der Waals surface area contributed by atoms with Crippen LogP contribution in [0.15, 0.2) is 53.9 Å². The molecule has 0 aliphatic carbocycles. The molecule has 124 valence electrons. The maximum Gasteiger partial charge on any atom is 0.275 e. The van der Waals surface area contributed by atoms with E-state index in [4.69, 9.17) is 0 Å². The zero-order valence-electron chi connectivity index (χ0n) is 14.0. The first-order chi connectivity index (χ1) is 12.1. The number of fused-ring (bicyclic) bond motifs is 1. The quantitative estimate of drug-likeness (QED) is 0.538. The zero-order valence-corrected chi connectivity index (χ0v) is 14.8. The van der Waals surface area contributed by atoms with E-state index in [1.165, 1.54) is 11.3 Å². The summed E-state index contributed by atoms with van der Waals surface area (Å²) in [5, 5.41) is 6.69. The predicted molar refractivity (Wildman–Crippen MR) is 103 cm³/mol. The summed E-state index contributed by atoms with van der Waals surface area (Å²) in [4.78, 5) is 20.4. The molecule has 2 heterocycles. The number of carbonyl (C=O) groups is 1. The molecule has 0 bridgehead atoms. The number of amides is 1. The zero-order chi connectivity index (χ0) is 17.4. The van der Waals surface area contributed by atoms with E-state index in [2.05, 4.69) is 27.4 Å². The van der Waals surface area contributed by atoms with Crippen LogP contribution in [0.3, 0.4) is 0 Å². The number of nitrogens with zero attached hydrogens (tertiary/aromatic N) is 1. The van der Waals surface area contributed by atoms with E-state index in [0.717, 1.165) is 38.4 Å². The van der Waals surface area contributed by atoms with Crippen LogP contribution >= 0.6 is 11.3 Å². The minimum atomic E-state index is -0.188. The molecule has 0 spiro atoms. The molecular weight excluding hydrogens is 330 g/mol. The topological polar surface area (TPSA) is 57.8 Å². The summed E-state index contributed by atoms with van der Waals surface area (Å²) in [5.74, 6) is -0.188. The Morgan fingerprint density at radius 1 is 1.12 bits per heavy atom. The van der Waals surface area contributed by atoms with E-state index in [0.29, 0.717) is 5.69 Å². The molecular formula is C20H17N3OS. The number of rotatable bonds is 3. The highest BCUT2D eigenvalue weighted by Gasteiger charge is 2.14. The van der Waals surface area contributed by atoms with Crippen molar-refractivity contribution in [3.63, 3.8) is 0 Å². The lowest BCUT2D eigenvalue weighted by Crippen LogP contribution is -2.13. The van der Waals surface area contributed by atoms with Crippen LogP contribution in [0, 0.1) is 13.8 Å². The minimum Gasteiger partial charge on any atom is -0.353 e. The third-order valence-electron chi connectivity index (χ3n) is 4.14. The van der Waals surface area contributed by atoms with Gasteiger partial charge in [0, 0.05) is 22.0 Å². The number of aromatic nitrogens is 2. The molecule has 4 nitrogen and oxygen atoms in total.